The molecular weight excluding hydrogens is 302 g/mol. The van der Waals surface area contributed by atoms with Gasteiger partial charge in [-0.3, -0.25) is 9.69 Å². The van der Waals surface area contributed by atoms with E-state index in [1.165, 1.54) is 0 Å². The fourth-order valence-corrected chi connectivity index (χ4v) is 3.72. The lowest BCUT2D eigenvalue weighted by Gasteiger charge is -2.38. The normalized spacial score (nSPS) is 27.1. The highest BCUT2D eigenvalue weighted by molar-refractivity contribution is 5.78. The molecule has 132 valence electrons. The minimum absolute atomic E-state index is 0.0109. The van der Waals surface area contributed by atoms with Crippen molar-refractivity contribution in [1.82, 2.24) is 15.1 Å². The highest BCUT2D eigenvalue weighted by Gasteiger charge is 2.35. The molecule has 1 aromatic rings. The quantitative estimate of drug-likeness (QED) is 0.853. The van der Waals surface area contributed by atoms with Crippen LogP contribution in [0.1, 0.15) is 30.9 Å². The van der Waals surface area contributed by atoms with Gasteiger partial charge in [0.2, 0.25) is 5.91 Å². The van der Waals surface area contributed by atoms with Gasteiger partial charge >= 0.3 is 0 Å². The fraction of sp³-hybridized carbons (Fsp3) is 0.632. The van der Waals surface area contributed by atoms with Crippen LogP contribution in [0, 0.1) is 5.92 Å². The second-order valence-corrected chi connectivity index (χ2v) is 7.27. The van der Waals surface area contributed by atoms with Crippen LogP contribution in [-0.4, -0.2) is 66.7 Å². The summed E-state index contributed by atoms with van der Waals surface area (Å²) < 4.78 is 0. The molecule has 3 rings (SSSR count). The van der Waals surface area contributed by atoms with E-state index in [9.17, 15) is 9.90 Å². The fourth-order valence-electron chi connectivity index (χ4n) is 3.72. The highest BCUT2D eigenvalue weighted by atomic mass is 16.3. The molecule has 2 N–H and O–H groups in total. The zero-order valence-corrected chi connectivity index (χ0v) is 14.5. The lowest BCUT2D eigenvalue weighted by molar-refractivity contribution is -0.124. The van der Waals surface area contributed by atoms with E-state index in [1.807, 2.05) is 18.2 Å². The zero-order valence-electron chi connectivity index (χ0n) is 14.5. The summed E-state index contributed by atoms with van der Waals surface area (Å²) in [5.41, 5.74) is 1.14. The van der Waals surface area contributed by atoms with Gasteiger partial charge in [-0.15, -0.1) is 0 Å². The smallest absolute Gasteiger partial charge is 0.234 e. The van der Waals surface area contributed by atoms with E-state index in [0.717, 1.165) is 51.0 Å². The van der Waals surface area contributed by atoms with Crippen molar-refractivity contribution in [3.8, 4) is 0 Å². The molecule has 2 aliphatic rings. The molecule has 0 bridgehead atoms. The summed E-state index contributed by atoms with van der Waals surface area (Å²) in [6.45, 7) is 4.51. The second-order valence-electron chi connectivity index (χ2n) is 7.27. The molecule has 1 atom stereocenters. The lowest BCUT2D eigenvalue weighted by Crippen LogP contribution is -2.45. The number of hydrogen-bond donors (Lipinski definition) is 2. The maximum Gasteiger partial charge on any atom is 0.234 e. The maximum atomic E-state index is 12.6. The van der Waals surface area contributed by atoms with Crippen LogP contribution < -0.4 is 5.32 Å². The van der Waals surface area contributed by atoms with Crippen LogP contribution in [-0.2, 0) is 4.79 Å². The van der Waals surface area contributed by atoms with Crippen LogP contribution in [0.3, 0.4) is 0 Å². The third-order valence-corrected chi connectivity index (χ3v) is 5.28. The molecule has 1 aliphatic heterocycles. The van der Waals surface area contributed by atoms with E-state index in [4.69, 9.17) is 0 Å². The Hall–Kier alpha value is -1.43. The van der Waals surface area contributed by atoms with Gasteiger partial charge in [-0.05, 0) is 50.9 Å². The van der Waals surface area contributed by atoms with Crippen molar-refractivity contribution in [3.63, 3.8) is 0 Å². The van der Waals surface area contributed by atoms with Crippen molar-refractivity contribution in [1.29, 1.82) is 0 Å². The summed E-state index contributed by atoms with van der Waals surface area (Å²) in [4.78, 5) is 17.2. The van der Waals surface area contributed by atoms with Gasteiger partial charge in [-0.25, -0.2) is 0 Å². The number of carbonyl (C=O) groups excluding carboxylic acids is 1. The lowest BCUT2D eigenvalue weighted by atomic mass is 9.75. The number of nitrogens with one attached hydrogen (secondary N) is 1. The number of rotatable bonds is 5. The molecule has 1 amide bonds. The molecule has 1 saturated heterocycles. The predicted molar refractivity (Wildman–Crippen MR) is 94.6 cm³/mol. The average molecular weight is 331 g/mol. The number of aliphatic hydroxyl groups is 1. The predicted octanol–water partition coefficient (Wildman–Crippen LogP) is 1.25. The summed E-state index contributed by atoms with van der Waals surface area (Å²) in [5, 5.41) is 12.9. The summed E-state index contributed by atoms with van der Waals surface area (Å²) in [5.74, 6) is 0.427. The maximum absolute atomic E-state index is 12.6. The molecule has 1 aliphatic carbocycles. The number of aliphatic hydroxyl groups excluding tert-OH is 1. The van der Waals surface area contributed by atoms with Gasteiger partial charge in [-0.2, -0.15) is 0 Å². The third-order valence-electron chi connectivity index (χ3n) is 5.28. The van der Waals surface area contributed by atoms with Crippen LogP contribution in [0.2, 0.25) is 0 Å². The number of hydrogen-bond acceptors (Lipinski definition) is 4. The SMILES string of the molecule is CN1CCCN(CC(=O)NC(c2ccccc2)C2CC(O)C2)CC1. The second kappa shape index (κ2) is 8.10. The van der Waals surface area contributed by atoms with E-state index in [-0.39, 0.29) is 18.1 Å². The van der Waals surface area contributed by atoms with Crippen molar-refractivity contribution in [2.75, 3.05) is 39.8 Å². The third kappa shape index (κ3) is 4.56. The minimum atomic E-state index is -0.209. The Morgan fingerprint density at radius 3 is 2.67 bits per heavy atom. The Morgan fingerprint density at radius 2 is 1.96 bits per heavy atom. The molecule has 0 radical (unpaired) electrons. The number of amides is 1. The Labute approximate surface area is 144 Å². The van der Waals surface area contributed by atoms with Gasteiger partial charge in [0.15, 0.2) is 0 Å². The van der Waals surface area contributed by atoms with Gasteiger partial charge in [0.25, 0.3) is 0 Å². The Balaban J connectivity index is 1.59. The first-order valence-corrected chi connectivity index (χ1v) is 9.05. The van der Waals surface area contributed by atoms with Gasteiger partial charge < -0.3 is 15.3 Å². The van der Waals surface area contributed by atoms with Crippen LogP contribution in [0.25, 0.3) is 0 Å². The summed E-state index contributed by atoms with van der Waals surface area (Å²) >= 11 is 0. The minimum Gasteiger partial charge on any atom is -0.393 e. The molecule has 2 fully saturated rings. The summed E-state index contributed by atoms with van der Waals surface area (Å²) in [6.07, 6.45) is 2.45. The van der Waals surface area contributed by atoms with Crippen molar-refractivity contribution >= 4 is 5.91 Å². The van der Waals surface area contributed by atoms with Crippen LogP contribution in [0.15, 0.2) is 30.3 Å². The Morgan fingerprint density at radius 1 is 1.21 bits per heavy atom. The van der Waals surface area contributed by atoms with E-state index in [1.54, 1.807) is 0 Å². The first-order valence-electron chi connectivity index (χ1n) is 9.05. The number of likely N-dealkylation sites (N-methyl/N-ethyl adjacent to an activating group) is 1. The first-order chi connectivity index (χ1) is 11.6. The van der Waals surface area contributed by atoms with Crippen molar-refractivity contribution in [2.24, 2.45) is 5.92 Å². The molecule has 0 aromatic heterocycles. The van der Waals surface area contributed by atoms with Crippen molar-refractivity contribution < 1.29 is 9.90 Å². The molecule has 1 saturated carbocycles. The molecule has 5 nitrogen and oxygen atoms in total. The standard InChI is InChI=1S/C19H29N3O2/c1-21-8-5-9-22(11-10-21)14-18(24)20-19(16-12-17(23)13-16)15-6-3-2-4-7-15/h2-4,6-7,16-17,19,23H,5,8-14H2,1H3,(H,20,24). The largest absolute Gasteiger partial charge is 0.393 e. The van der Waals surface area contributed by atoms with Gasteiger partial charge in [0, 0.05) is 13.1 Å². The summed E-state index contributed by atoms with van der Waals surface area (Å²) in [7, 11) is 2.14. The van der Waals surface area contributed by atoms with Gasteiger partial charge in [0.1, 0.15) is 0 Å². The molecular formula is C19H29N3O2. The molecule has 24 heavy (non-hydrogen) atoms. The van der Waals surface area contributed by atoms with Crippen LogP contribution in [0.5, 0.6) is 0 Å². The zero-order chi connectivity index (χ0) is 16.9. The molecule has 1 heterocycles. The van der Waals surface area contributed by atoms with Crippen LogP contribution in [0.4, 0.5) is 0 Å². The number of benzene rings is 1. The van der Waals surface area contributed by atoms with E-state index in [2.05, 4.69) is 34.3 Å². The number of nitrogens with zero attached hydrogens (tertiary/aromatic N) is 2. The Bertz CT molecular complexity index is 531. The first kappa shape index (κ1) is 17.4. The van der Waals surface area contributed by atoms with Crippen LogP contribution >= 0.6 is 0 Å². The average Bonchev–Trinajstić information content (AvgIpc) is 2.75. The van der Waals surface area contributed by atoms with Crippen molar-refractivity contribution in [3.05, 3.63) is 35.9 Å². The molecule has 5 heteroatoms. The molecule has 0 spiro atoms. The van der Waals surface area contributed by atoms with Crippen molar-refractivity contribution in [2.45, 2.75) is 31.4 Å². The van der Waals surface area contributed by atoms with E-state index in [0.29, 0.717) is 12.5 Å². The topological polar surface area (TPSA) is 55.8 Å². The highest BCUT2D eigenvalue weighted by Crippen LogP contribution is 2.37. The summed E-state index contributed by atoms with van der Waals surface area (Å²) in [6, 6.07) is 10.2. The molecule has 1 unspecified atom stereocenters. The Kier molecular flexibility index (Phi) is 5.87. The van der Waals surface area contributed by atoms with E-state index >= 15 is 0 Å². The van der Waals surface area contributed by atoms with E-state index < -0.39 is 0 Å². The van der Waals surface area contributed by atoms with Gasteiger partial charge in [-0.1, -0.05) is 30.3 Å². The monoisotopic (exact) mass is 331 g/mol. The van der Waals surface area contributed by atoms with Gasteiger partial charge in [0.05, 0.1) is 18.7 Å². The number of carbonyl (C=O) groups is 1. The molecule has 1 aromatic carbocycles.